The summed E-state index contributed by atoms with van der Waals surface area (Å²) in [6.45, 7) is 1.60. The monoisotopic (exact) mass is 476 g/mol. The zero-order valence-corrected chi connectivity index (χ0v) is 19.3. The maximum Gasteiger partial charge on any atom is 0.152 e. The minimum Gasteiger partial charge on any atom is -0.489 e. The molecule has 0 saturated heterocycles. The highest BCUT2D eigenvalue weighted by molar-refractivity contribution is 6.01. The van der Waals surface area contributed by atoms with Gasteiger partial charge >= 0.3 is 0 Å². The molecule has 36 heavy (non-hydrogen) atoms. The van der Waals surface area contributed by atoms with Crippen molar-refractivity contribution >= 4 is 17.9 Å². The molecule has 174 valence electrons. The highest BCUT2D eigenvalue weighted by Crippen LogP contribution is 2.42. The van der Waals surface area contributed by atoms with Crippen LogP contribution in [0.3, 0.4) is 0 Å². The number of benzene rings is 2. The summed E-state index contributed by atoms with van der Waals surface area (Å²) in [6, 6.07) is 8.97. The Morgan fingerprint density at radius 2 is 1.97 bits per heavy atom. The van der Waals surface area contributed by atoms with Crippen molar-refractivity contribution in [3.05, 3.63) is 58.0 Å². The molecule has 1 aliphatic carbocycles. The van der Waals surface area contributed by atoms with Gasteiger partial charge < -0.3 is 4.74 Å². The van der Waals surface area contributed by atoms with Crippen LogP contribution in [0.25, 0.3) is 28.1 Å². The first-order valence-electron chi connectivity index (χ1n) is 11.0. The van der Waals surface area contributed by atoms with Gasteiger partial charge in [0.05, 0.1) is 47.0 Å². The molecule has 2 heterocycles. The lowest BCUT2D eigenvalue weighted by atomic mass is 9.90. The summed E-state index contributed by atoms with van der Waals surface area (Å²) in [7, 11) is 1.64. The summed E-state index contributed by atoms with van der Waals surface area (Å²) in [4.78, 5) is 11.4. The van der Waals surface area contributed by atoms with E-state index in [1.54, 1.807) is 32.0 Å². The number of aromatic nitrogens is 2. The molecule has 0 spiro atoms. The predicted octanol–water partition coefficient (Wildman–Crippen LogP) is 3.66. The first-order valence-corrected chi connectivity index (χ1v) is 11.0. The van der Waals surface area contributed by atoms with Gasteiger partial charge in [-0.1, -0.05) is 5.92 Å². The van der Waals surface area contributed by atoms with Crippen molar-refractivity contribution in [2.45, 2.75) is 25.9 Å². The van der Waals surface area contributed by atoms with Gasteiger partial charge in [-0.3, -0.25) is 10.1 Å². The number of nitrogens with one attached hydrogen (secondary N) is 1. The number of aryl methyl sites for hydroxylation is 1. The van der Waals surface area contributed by atoms with Crippen molar-refractivity contribution in [1.29, 1.82) is 10.5 Å². The van der Waals surface area contributed by atoms with Crippen LogP contribution in [0.5, 0.6) is 5.75 Å². The minimum absolute atomic E-state index is 0.0171. The molecule has 2 aromatic carbocycles. The Morgan fingerprint density at radius 3 is 2.64 bits per heavy atom. The van der Waals surface area contributed by atoms with Crippen LogP contribution in [0.2, 0.25) is 0 Å². The summed E-state index contributed by atoms with van der Waals surface area (Å²) in [6.07, 6.45) is 4.73. The van der Waals surface area contributed by atoms with E-state index in [9.17, 15) is 15.3 Å². The molecular weight excluding hydrogens is 459 g/mol. The van der Waals surface area contributed by atoms with Crippen LogP contribution in [0, 0.1) is 40.3 Å². The average Bonchev–Trinajstić information content (AvgIpc) is 3.63. The topological polar surface area (TPSA) is 116 Å². The van der Waals surface area contributed by atoms with Crippen LogP contribution in [-0.2, 0) is 11.8 Å². The van der Waals surface area contributed by atoms with Gasteiger partial charge in [-0.05, 0) is 37.5 Å². The van der Waals surface area contributed by atoms with Crippen LogP contribution in [-0.4, -0.2) is 28.0 Å². The van der Waals surface area contributed by atoms with E-state index >= 15 is 4.39 Å². The Morgan fingerprint density at radius 1 is 1.17 bits per heavy atom. The van der Waals surface area contributed by atoms with E-state index in [4.69, 9.17) is 4.74 Å². The Hall–Kier alpha value is -5.16. The molecule has 3 aromatic rings. The van der Waals surface area contributed by atoms with Gasteiger partial charge in [0.25, 0.3) is 0 Å². The zero-order chi connectivity index (χ0) is 25.4. The van der Waals surface area contributed by atoms with Crippen molar-refractivity contribution in [1.82, 2.24) is 15.2 Å². The van der Waals surface area contributed by atoms with Gasteiger partial charge in [0.15, 0.2) is 5.94 Å². The number of ether oxygens (including phenoxy) is 1. The Labute approximate surface area is 205 Å². The lowest BCUT2D eigenvalue weighted by Crippen LogP contribution is -2.15. The number of hydrogen-bond acceptors (Lipinski definition) is 7. The molecule has 0 bridgehead atoms. The lowest BCUT2D eigenvalue weighted by molar-refractivity contribution is 0.302. The molecule has 5 rings (SSSR count). The third-order valence-electron chi connectivity index (χ3n) is 5.93. The molecule has 1 saturated carbocycles. The number of halogens is 1. The van der Waals surface area contributed by atoms with Crippen LogP contribution in [0.1, 0.15) is 47.6 Å². The minimum atomic E-state index is -0.663. The Bertz CT molecular complexity index is 1670. The Kier molecular flexibility index (Phi) is 5.59. The number of carbonyl (C=O) groups excluding carboxylic acids is 1. The normalized spacial score (nSPS) is 13.4. The van der Waals surface area contributed by atoms with Gasteiger partial charge in [0.2, 0.25) is 0 Å². The van der Waals surface area contributed by atoms with Gasteiger partial charge in [-0.2, -0.15) is 20.7 Å². The summed E-state index contributed by atoms with van der Waals surface area (Å²) < 4.78 is 23.3. The van der Waals surface area contributed by atoms with E-state index in [1.807, 2.05) is 0 Å². The van der Waals surface area contributed by atoms with Gasteiger partial charge in [-0.25, -0.2) is 9.18 Å². The smallest absolute Gasteiger partial charge is 0.152 e. The molecule has 0 radical (unpaired) electrons. The fourth-order valence-electron chi connectivity index (χ4n) is 4.18. The molecule has 1 aliphatic heterocycles. The number of rotatable bonds is 4. The number of hydrazone groups is 1. The SMILES string of the molecule is CC#Cc1cc(OC2CC2)c(C#N)c(-c2c(-c3cc(C#N)c4c(c3)C=NNC4=C=O)cnn2C)c1F. The molecule has 1 N–H and O–H groups in total. The quantitative estimate of drug-likeness (QED) is 0.454. The van der Waals surface area contributed by atoms with Gasteiger partial charge in [0.1, 0.15) is 28.9 Å². The average molecular weight is 476 g/mol. The van der Waals surface area contributed by atoms with Crippen molar-refractivity contribution in [2.75, 3.05) is 0 Å². The Balaban J connectivity index is 1.79. The van der Waals surface area contributed by atoms with E-state index in [0.717, 1.165) is 12.8 Å². The molecule has 2 aliphatic rings. The molecule has 9 heteroatoms. The fourth-order valence-corrected chi connectivity index (χ4v) is 4.18. The third kappa shape index (κ3) is 3.69. The second-order valence-corrected chi connectivity index (χ2v) is 8.27. The van der Waals surface area contributed by atoms with Gasteiger partial charge in [0, 0.05) is 29.8 Å². The van der Waals surface area contributed by atoms with Crippen LogP contribution < -0.4 is 10.2 Å². The van der Waals surface area contributed by atoms with Crippen LogP contribution >= 0.6 is 0 Å². The predicted molar refractivity (Wildman–Crippen MR) is 130 cm³/mol. The van der Waals surface area contributed by atoms with E-state index in [1.165, 1.54) is 23.2 Å². The highest BCUT2D eigenvalue weighted by Gasteiger charge is 2.30. The van der Waals surface area contributed by atoms with Crippen LogP contribution in [0.15, 0.2) is 29.5 Å². The number of nitrogens with zero attached hydrogens (tertiary/aromatic N) is 5. The zero-order valence-electron chi connectivity index (χ0n) is 19.3. The molecule has 0 atom stereocenters. The van der Waals surface area contributed by atoms with E-state index in [2.05, 4.69) is 39.6 Å². The van der Waals surface area contributed by atoms with Crippen LogP contribution in [0.4, 0.5) is 4.39 Å². The van der Waals surface area contributed by atoms with E-state index < -0.39 is 5.82 Å². The summed E-state index contributed by atoms with van der Waals surface area (Å²) in [5, 5.41) is 28.1. The number of hydrogen-bond donors (Lipinski definition) is 1. The highest BCUT2D eigenvalue weighted by atomic mass is 19.1. The standard InChI is InChI=1S/C27H17FN6O2/c1-3-4-15-9-23(36-19-5-6-19)20(11-30)25(26(15)28)27-21(13-32-34(27)2)16-7-17(10-29)24-18(8-16)12-31-33-22(24)14-35/h7-9,12-13,19,33H,5-6H2,1-2H3. The lowest BCUT2D eigenvalue weighted by Gasteiger charge is -2.17. The molecular formula is C27H17FN6O2. The van der Waals surface area contributed by atoms with Crippen molar-refractivity contribution in [3.8, 4) is 52.1 Å². The third-order valence-corrected chi connectivity index (χ3v) is 5.93. The molecule has 1 aromatic heterocycles. The van der Waals surface area contributed by atoms with E-state index in [0.29, 0.717) is 27.9 Å². The maximum atomic E-state index is 15.9. The van der Waals surface area contributed by atoms with E-state index in [-0.39, 0.29) is 39.8 Å². The first kappa shape index (κ1) is 22.6. The molecule has 8 nitrogen and oxygen atoms in total. The largest absolute Gasteiger partial charge is 0.489 e. The second kappa shape index (κ2) is 8.89. The van der Waals surface area contributed by atoms with Gasteiger partial charge in [-0.15, -0.1) is 5.92 Å². The summed E-state index contributed by atoms with van der Waals surface area (Å²) >= 11 is 0. The van der Waals surface area contributed by atoms with Crippen molar-refractivity contribution in [2.24, 2.45) is 12.1 Å². The molecule has 0 amide bonds. The van der Waals surface area contributed by atoms with Crippen molar-refractivity contribution < 1.29 is 13.9 Å². The maximum absolute atomic E-state index is 15.9. The summed E-state index contributed by atoms with van der Waals surface area (Å²) in [5.74, 6) is 6.84. The fraction of sp³-hybridized carbons (Fsp3) is 0.185. The number of fused-ring (bicyclic) bond motifs is 1. The second-order valence-electron chi connectivity index (χ2n) is 8.27. The first-order chi connectivity index (χ1) is 17.5. The number of nitriles is 2. The molecule has 0 unspecified atom stereocenters. The molecule has 1 fully saturated rings. The van der Waals surface area contributed by atoms with Crippen molar-refractivity contribution in [3.63, 3.8) is 0 Å². The summed E-state index contributed by atoms with van der Waals surface area (Å²) in [5.41, 5.74) is 5.20.